The summed E-state index contributed by atoms with van der Waals surface area (Å²) in [6.45, 7) is 14.5. The van der Waals surface area contributed by atoms with Crippen molar-refractivity contribution < 1.29 is 128 Å². The Bertz CT molecular complexity index is 2440. The van der Waals surface area contributed by atoms with Crippen LogP contribution in [0, 0.1) is 5.41 Å². The Hall–Kier alpha value is -4.23. The second-order valence-corrected chi connectivity index (χ2v) is 24.4. The van der Waals surface area contributed by atoms with E-state index in [1.165, 1.54) is 32.7 Å². The van der Waals surface area contributed by atoms with Crippen LogP contribution in [0.1, 0.15) is 62.3 Å². The number of nitrogens with one attached hydrogen (secondary N) is 3. The quantitative estimate of drug-likeness (QED) is 0.0379. The van der Waals surface area contributed by atoms with Gasteiger partial charge in [-0.05, 0) is 54.2 Å². The lowest BCUT2D eigenvalue weighted by atomic mass is 9.92. The van der Waals surface area contributed by atoms with Gasteiger partial charge in [0, 0.05) is 52.5 Å². The molecule has 0 spiro atoms. The first-order chi connectivity index (χ1) is 45.2. The first kappa shape index (κ1) is 84.2. The van der Waals surface area contributed by atoms with Crippen LogP contribution in [0.3, 0.4) is 0 Å². The Morgan fingerprint density at radius 3 is 1.14 bits per heavy atom. The van der Waals surface area contributed by atoms with Crippen molar-refractivity contribution in [2.45, 2.75) is 258 Å². The molecule has 0 bridgehead atoms. The van der Waals surface area contributed by atoms with Crippen LogP contribution >= 0.6 is 0 Å². The second-order valence-electron chi connectivity index (χ2n) is 24.4. The molecule has 1 aromatic rings. The van der Waals surface area contributed by atoms with E-state index in [9.17, 15) is 70.9 Å². The third-order valence-electron chi connectivity index (χ3n) is 17.0. The number of amides is 2. The van der Waals surface area contributed by atoms with Gasteiger partial charge in [0.1, 0.15) is 116 Å². The molecule has 2 amide bonds. The smallest absolute Gasteiger partial charge is 0.217 e. The summed E-state index contributed by atoms with van der Waals surface area (Å²) < 4.78 is 69.5. The maximum absolute atomic E-state index is 11.7. The van der Waals surface area contributed by atoms with Gasteiger partial charge in [-0.1, -0.05) is 6.92 Å². The minimum absolute atomic E-state index is 0.0602. The number of carbonyl (C=O) groups excluding carboxylic acids is 2. The summed E-state index contributed by atoms with van der Waals surface area (Å²) in [5.74, 6) is -1.39. The van der Waals surface area contributed by atoms with Gasteiger partial charge in [0.15, 0.2) is 31.1 Å². The van der Waals surface area contributed by atoms with Crippen molar-refractivity contribution in [3.8, 4) is 0 Å². The lowest BCUT2D eigenvalue weighted by Gasteiger charge is -2.49. The Morgan fingerprint density at radius 1 is 0.552 bits per heavy atom. The monoisotopic (exact) mass is 1390 g/mol. The van der Waals surface area contributed by atoms with Crippen molar-refractivity contribution in [3.63, 3.8) is 0 Å². The van der Waals surface area contributed by atoms with Gasteiger partial charge in [-0.2, -0.15) is 5.10 Å². The molecule has 0 aliphatic carbocycles. The molecule has 6 saturated heterocycles. The number of hydrogen-bond acceptors (Lipinski definition) is 33. The number of hydrogen-bond donors (Lipinski definition) is 21. The molecule has 1 aromatic heterocycles. The fourth-order valence-electron chi connectivity index (χ4n) is 12.2. The number of aromatic nitrogens is 2. The molecular weight excluding hydrogens is 1280 g/mol. The van der Waals surface area contributed by atoms with Crippen molar-refractivity contribution >= 4 is 23.7 Å². The molecule has 30 unspecified atom stereocenters. The van der Waals surface area contributed by atoms with Gasteiger partial charge in [0.25, 0.3) is 0 Å². The molecule has 0 saturated carbocycles. The average Bonchev–Trinajstić information content (AvgIpc) is 0.835. The largest absolute Gasteiger partial charge is 0.394 e. The SMILES string of the molecule is CCN(C(C)C)C(C)C.COC1C(CO)OC(OC2C(CO)OC(OC3C(CO)OC(C)C(NC(C)=O)C3O)C(N)C2O)C(N)C1O.COC1C(CO)OC(OC2C(CO)OC(OC3C(CO)OC(C)C(NC(C)=O)C3O)C(N=C(N)N)C2O)C(N)C1O.N=C(N)n1cccn1. The number of methoxy groups -OCH3 is 2. The van der Waals surface area contributed by atoms with Crippen LogP contribution in [-0.4, -0.2) is 356 Å². The first-order valence-corrected chi connectivity index (χ1v) is 31.6. The highest BCUT2D eigenvalue weighted by Crippen LogP contribution is 2.36. The molecule has 558 valence electrons. The fraction of sp³-hybridized carbons (Fsp3) is 0.877. The molecule has 0 aromatic carbocycles. The Morgan fingerprint density at radius 2 is 0.865 bits per heavy atom. The van der Waals surface area contributed by atoms with Gasteiger partial charge in [0.05, 0.1) is 82.1 Å². The summed E-state index contributed by atoms with van der Waals surface area (Å²) in [7, 11) is 2.63. The van der Waals surface area contributed by atoms with Gasteiger partial charge < -0.3 is 163 Å². The molecule has 7 heterocycles. The summed E-state index contributed by atoms with van der Waals surface area (Å²) in [4.78, 5) is 29.8. The molecule has 96 heavy (non-hydrogen) atoms. The molecule has 6 fully saturated rings. The highest BCUT2D eigenvalue weighted by molar-refractivity contribution is 5.76. The number of aliphatic imine (C=N–C) groups is 1. The second kappa shape index (κ2) is 39.7. The molecule has 39 heteroatoms. The zero-order valence-electron chi connectivity index (χ0n) is 56.0. The number of ether oxygens (including phenoxy) is 12. The molecule has 6 aliphatic heterocycles. The van der Waals surface area contributed by atoms with Crippen molar-refractivity contribution in [2.75, 3.05) is 60.4 Å². The zero-order valence-corrected chi connectivity index (χ0v) is 56.0. The number of carbonyl (C=O) groups is 2. The summed E-state index contributed by atoms with van der Waals surface area (Å²) in [5, 5.41) is 140. The van der Waals surface area contributed by atoms with Crippen LogP contribution in [-0.2, 0) is 66.4 Å². The Balaban J connectivity index is 0.000000328. The predicted octanol–water partition coefficient (Wildman–Crippen LogP) is -10.5. The maximum atomic E-state index is 11.7. The van der Waals surface area contributed by atoms with Crippen LogP contribution in [0.2, 0.25) is 0 Å². The normalized spacial score (nSPS) is 40.2. The molecule has 7 rings (SSSR count). The highest BCUT2D eigenvalue weighted by atomic mass is 16.8. The lowest BCUT2D eigenvalue weighted by molar-refractivity contribution is -0.344. The molecular formula is C57H109N13O26. The number of rotatable bonds is 22. The van der Waals surface area contributed by atoms with Crippen LogP contribution in [0.4, 0.5) is 0 Å². The maximum Gasteiger partial charge on any atom is 0.217 e. The zero-order chi connectivity index (χ0) is 72.3. The number of nitrogens with zero attached hydrogens (tertiary/aromatic N) is 4. The fourth-order valence-corrected chi connectivity index (χ4v) is 12.2. The Labute approximate surface area is 556 Å². The van der Waals surface area contributed by atoms with Crippen molar-refractivity contribution in [1.82, 2.24) is 25.3 Å². The number of nitrogens with two attached hydrogens (primary N) is 6. The minimum atomic E-state index is -1.65. The molecule has 39 nitrogen and oxygen atoms in total. The van der Waals surface area contributed by atoms with Crippen molar-refractivity contribution in [3.05, 3.63) is 18.5 Å². The van der Waals surface area contributed by atoms with E-state index >= 15 is 0 Å². The number of nitrogen functional groups attached to an aromatic ring is 1. The van der Waals surface area contributed by atoms with Gasteiger partial charge in [-0.15, -0.1) is 0 Å². The number of aliphatic hydroxyl groups is 12. The van der Waals surface area contributed by atoms with Gasteiger partial charge in [-0.3, -0.25) is 19.9 Å². The van der Waals surface area contributed by atoms with Crippen LogP contribution in [0.15, 0.2) is 23.5 Å². The van der Waals surface area contributed by atoms with Crippen LogP contribution < -0.4 is 45.0 Å². The van der Waals surface area contributed by atoms with Gasteiger partial charge in [0.2, 0.25) is 17.8 Å². The van der Waals surface area contributed by atoms with Crippen LogP contribution in [0.25, 0.3) is 0 Å². The molecule has 6 aliphatic rings. The van der Waals surface area contributed by atoms with E-state index < -0.39 is 241 Å². The van der Waals surface area contributed by atoms with E-state index in [0.717, 1.165) is 6.54 Å². The van der Waals surface area contributed by atoms with E-state index in [0.29, 0.717) is 12.1 Å². The van der Waals surface area contributed by atoms with Crippen molar-refractivity contribution in [2.24, 2.45) is 39.4 Å². The summed E-state index contributed by atoms with van der Waals surface area (Å²) in [6.07, 6.45) is -26.1. The first-order valence-electron chi connectivity index (χ1n) is 31.6. The third kappa shape index (κ3) is 21.6. The van der Waals surface area contributed by atoms with E-state index in [-0.39, 0.29) is 5.96 Å². The standard InChI is InChI=1S/C23H43N5O13.C22H41N3O13.C8H19N.C4H6N4/c1-7-13(27-8(2)32)16(34)19(10(5-30)37-7)41-22-14(28-23(25)26)17(35)20(11(6-31)39-22)40-21-12(24)15(33)18(36-3)9(4-29)38-21;1-7-14(25-8(2)29)17(32)20(10(5-27)34-7)38-22-13(24)16(31)19(11(6-28)36-22)37-21-12(23)15(30)18(33-3)9(4-26)35-21;1-6-9(7(2)3)8(4)5;5-4(6)8-3-1-2-7-8/h7,9-22,29-31,33-35H,4-6,24H2,1-3H3,(H,27,32)(H4,25,26,28);7,9-22,26-28,30-32H,4-6,23-24H2,1-3H3,(H,25,29);7-8H,6H2,1-5H3;1-3H,(H3,5,6). The summed E-state index contributed by atoms with van der Waals surface area (Å²) >= 11 is 0. The Kier molecular flexibility index (Phi) is 34.8. The van der Waals surface area contributed by atoms with Crippen LogP contribution in [0.5, 0.6) is 0 Å². The average molecular weight is 1390 g/mol. The van der Waals surface area contributed by atoms with Crippen molar-refractivity contribution in [1.29, 1.82) is 5.41 Å². The van der Waals surface area contributed by atoms with E-state index in [1.54, 1.807) is 32.3 Å². The topological polar surface area (TPSA) is 625 Å². The van der Waals surface area contributed by atoms with Gasteiger partial charge >= 0.3 is 0 Å². The molecule has 0 radical (unpaired) electrons. The van der Waals surface area contributed by atoms with E-state index in [2.05, 4.69) is 60.2 Å². The lowest BCUT2D eigenvalue weighted by Crippen LogP contribution is -2.69. The minimum Gasteiger partial charge on any atom is -0.394 e. The third-order valence-corrected chi connectivity index (χ3v) is 17.0. The molecule has 30 atom stereocenters. The van der Waals surface area contributed by atoms with Gasteiger partial charge in [-0.25, -0.2) is 9.67 Å². The summed E-state index contributed by atoms with van der Waals surface area (Å²) in [5.41, 5.74) is 34.6. The number of guanidine groups is 1. The summed E-state index contributed by atoms with van der Waals surface area (Å²) in [6, 6.07) is -3.76. The van der Waals surface area contributed by atoms with E-state index in [4.69, 9.17) is 96.7 Å². The predicted molar refractivity (Wildman–Crippen MR) is 334 cm³/mol. The molecule has 27 N–H and O–H groups in total. The van der Waals surface area contributed by atoms with E-state index in [1.807, 2.05) is 0 Å². The highest BCUT2D eigenvalue weighted by Gasteiger charge is 2.56. The number of aliphatic hydroxyl groups excluding tert-OH is 12.